The zero-order valence-corrected chi connectivity index (χ0v) is 14.7. The molecule has 0 aliphatic carbocycles. The van der Waals surface area contributed by atoms with Crippen LogP contribution in [0.25, 0.3) is 5.65 Å². The lowest BCUT2D eigenvalue weighted by Crippen LogP contribution is -2.47. The van der Waals surface area contributed by atoms with Gasteiger partial charge in [-0.05, 0) is 25.5 Å². The van der Waals surface area contributed by atoms with Gasteiger partial charge >= 0.3 is 0 Å². The fourth-order valence-electron chi connectivity index (χ4n) is 3.66. The van der Waals surface area contributed by atoms with Crippen molar-refractivity contribution in [3.8, 4) is 0 Å². The molecule has 4 rings (SSSR count). The first-order valence-corrected chi connectivity index (χ1v) is 8.87. The maximum absolute atomic E-state index is 13.9. The molecule has 1 aliphatic heterocycles. The Bertz CT molecular complexity index is 931. The van der Waals surface area contributed by atoms with Crippen LogP contribution in [0.2, 0.25) is 0 Å². The molecule has 1 fully saturated rings. The molecule has 2 aromatic heterocycles. The minimum Gasteiger partial charge on any atom is -0.348 e. The first kappa shape index (κ1) is 16.8. The monoisotopic (exact) mass is 355 g/mol. The summed E-state index contributed by atoms with van der Waals surface area (Å²) in [6.45, 7) is 2.20. The van der Waals surface area contributed by atoms with Gasteiger partial charge in [-0.25, -0.2) is 8.91 Å². The maximum atomic E-state index is 13.9. The van der Waals surface area contributed by atoms with E-state index in [0.29, 0.717) is 17.7 Å². The van der Waals surface area contributed by atoms with Gasteiger partial charge in [-0.3, -0.25) is 9.69 Å². The van der Waals surface area contributed by atoms with Crippen LogP contribution >= 0.6 is 0 Å². The Morgan fingerprint density at radius 2 is 2.19 bits per heavy atom. The van der Waals surface area contributed by atoms with E-state index < -0.39 is 0 Å². The molecular weight excluding hydrogens is 333 g/mol. The van der Waals surface area contributed by atoms with E-state index >= 15 is 0 Å². The number of halogens is 1. The number of imidazole rings is 1. The topological polar surface area (TPSA) is 54.6 Å². The van der Waals surface area contributed by atoms with Gasteiger partial charge in [0.1, 0.15) is 17.0 Å². The molecule has 1 atom stereocenters. The smallest absolute Gasteiger partial charge is 0.256 e. The van der Waals surface area contributed by atoms with Crippen LogP contribution < -0.4 is 5.32 Å². The molecular formula is C19H22FN5O. The summed E-state index contributed by atoms with van der Waals surface area (Å²) in [5.74, 6) is -0.288. The summed E-state index contributed by atoms with van der Waals surface area (Å²) in [6, 6.07) is 6.92. The van der Waals surface area contributed by atoms with Gasteiger partial charge in [0.05, 0.1) is 6.20 Å². The highest BCUT2D eigenvalue weighted by atomic mass is 19.1. The number of piperidine rings is 1. The number of likely N-dealkylation sites (tertiary alicyclic amines) is 1. The highest BCUT2D eigenvalue weighted by Crippen LogP contribution is 2.17. The summed E-state index contributed by atoms with van der Waals surface area (Å²) in [5, 5.41) is 7.34. The number of nitrogens with one attached hydrogen (secondary N) is 1. The number of carbonyl (C=O) groups excluding carboxylic acids is 1. The summed E-state index contributed by atoms with van der Waals surface area (Å²) in [5.41, 5.74) is 2.05. The van der Waals surface area contributed by atoms with E-state index in [1.165, 1.54) is 6.07 Å². The number of aryl methyl sites for hydroxylation is 1. The molecule has 1 aromatic carbocycles. The van der Waals surface area contributed by atoms with Crippen molar-refractivity contribution < 1.29 is 9.18 Å². The predicted molar refractivity (Wildman–Crippen MR) is 96.3 cm³/mol. The lowest BCUT2D eigenvalue weighted by Gasteiger charge is -2.33. The Morgan fingerprint density at radius 3 is 3.04 bits per heavy atom. The van der Waals surface area contributed by atoms with Gasteiger partial charge in [0.25, 0.3) is 5.91 Å². The van der Waals surface area contributed by atoms with Crippen LogP contribution in [0.15, 0.2) is 42.9 Å². The van der Waals surface area contributed by atoms with Gasteiger partial charge in [0.15, 0.2) is 0 Å². The van der Waals surface area contributed by atoms with Crippen LogP contribution in [0.1, 0.15) is 28.8 Å². The number of benzene rings is 1. The Hall–Kier alpha value is -2.67. The number of hydrogen-bond donors (Lipinski definition) is 1. The molecule has 7 heteroatoms. The lowest BCUT2D eigenvalue weighted by molar-refractivity contribution is 0.0901. The normalized spacial score (nSPS) is 18.3. The van der Waals surface area contributed by atoms with Crippen LogP contribution in [-0.2, 0) is 13.6 Å². The van der Waals surface area contributed by atoms with E-state index in [1.54, 1.807) is 16.8 Å². The molecule has 26 heavy (non-hydrogen) atoms. The average Bonchev–Trinajstić information content (AvgIpc) is 3.21. The zero-order chi connectivity index (χ0) is 18.1. The third-order valence-electron chi connectivity index (χ3n) is 4.97. The molecule has 0 spiro atoms. The molecule has 3 heterocycles. The second-order valence-corrected chi connectivity index (χ2v) is 6.87. The van der Waals surface area contributed by atoms with Crippen molar-refractivity contribution in [2.75, 3.05) is 13.1 Å². The highest BCUT2D eigenvalue weighted by molar-refractivity contribution is 6.00. The quantitative estimate of drug-likeness (QED) is 0.781. The average molecular weight is 355 g/mol. The minimum absolute atomic E-state index is 0.0539. The molecule has 3 aromatic rings. The predicted octanol–water partition coefficient (Wildman–Crippen LogP) is 2.21. The fraction of sp³-hybridized carbons (Fsp3) is 0.368. The number of fused-ring (bicyclic) bond motifs is 1. The van der Waals surface area contributed by atoms with Crippen molar-refractivity contribution in [3.05, 3.63) is 59.8 Å². The SMILES string of the molecule is Cn1ccn2ncc(C(=O)N[C@@H]3CCCN(Cc4ccccc4F)C3)c12. The van der Waals surface area contributed by atoms with Crippen molar-refractivity contribution >= 4 is 11.6 Å². The first-order valence-electron chi connectivity index (χ1n) is 8.87. The molecule has 0 saturated carbocycles. The Balaban J connectivity index is 1.42. The molecule has 0 radical (unpaired) electrons. The molecule has 1 aliphatic rings. The lowest BCUT2D eigenvalue weighted by atomic mass is 10.0. The Kier molecular flexibility index (Phi) is 4.46. The number of carbonyl (C=O) groups is 1. The molecule has 0 bridgehead atoms. The summed E-state index contributed by atoms with van der Waals surface area (Å²) in [4.78, 5) is 14.9. The molecule has 6 nitrogen and oxygen atoms in total. The van der Waals surface area contributed by atoms with Crippen LogP contribution in [0, 0.1) is 5.82 Å². The highest BCUT2D eigenvalue weighted by Gasteiger charge is 2.24. The van der Waals surface area contributed by atoms with E-state index in [2.05, 4.69) is 15.3 Å². The summed E-state index contributed by atoms with van der Waals surface area (Å²) in [7, 11) is 1.89. The summed E-state index contributed by atoms with van der Waals surface area (Å²) < 4.78 is 17.5. The number of nitrogens with zero attached hydrogens (tertiary/aromatic N) is 4. The van der Waals surface area contributed by atoms with Crippen LogP contribution in [-0.4, -0.2) is 44.1 Å². The van der Waals surface area contributed by atoms with E-state index in [1.807, 2.05) is 36.1 Å². The van der Waals surface area contributed by atoms with Gasteiger partial charge in [-0.15, -0.1) is 0 Å². The largest absolute Gasteiger partial charge is 0.348 e. The second kappa shape index (κ2) is 6.92. The molecule has 0 unspecified atom stereocenters. The minimum atomic E-state index is -0.176. The van der Waals surface area contributed by atoms with Crippen molar-refractivity contribution in [1.29, 1.82) is 0 Å². The number of aromatic nitrogens is 3. The van der Waals surface area contributed by atoms with Crippen molar-refractivity contribution in [2.24, 2.45) is 7.05 Å². The standard InChI is InChI=1S/C19H22FN5O/c1-23-9-10-25-19(23)16(11-21-25)18(26)22-15-6-4-8-24(13-15)12-14-5-2-3-7-17(14)20/h2-3,5,7,9-11,15H,4,6,8,12-13H2,1H3,(H,22,26)/t15-/m1/s1. The van der Waals surface area contributed by atoms with Crippen LogP contribution in [0.4, 0.5) is 4.39 Å². The van der Waals surface area contributed by atoms with E-state index in [9.17, 15) is 9.18 Å². The number of hydrogen-bond acceptors (Lipinski definition) is 3. The van der Waals surface area contributed by atoms with E-state index in [4.69, 9.17) is 0 Å². The maximum Gasteiger partial charge on any atom is 0.256 e. The van der Waals surface area contributed by atoms with Crippen LogP contribution in [0.3, 0.4) is 0 Å². The second-order valence-electron chi connectivity index (χ2n) is 6.87. The third kappa shape index (κ3) is 3.22. The van der Waals surface area contributed by atoms with Crippen LogP contribution in [0.5, 0.6) is 0 Å². The van der Waals surface area contributed by atoms with Crippen molar-refractivity contribution in [2.45, 2.75) is 25.4 Å². The zero-order valence-electron chi connectivity index (χ0n) is 14.7. The third-order valence-corrected chi connectivity index (χ3v) is 4.97. The van der Waals surface area contributed by atoms with Gasteiger partial charge in [0.2, 0.25) is 0 Å². The van der Waals surface area contributed by atoms with Gasteiger partial charge < -0.3 is 9.88 Å². The molecule has 1 saturated heterocycles. The van der Waals surface area contributed by atoms with Gasteiger partial charge in [-0.2, -0.15) is 5.10 Å². The summed E-state index contributed by atoms with van der Waals surface area (Å²) in [6.07, 6.45) is 7.20. The van der Waals surface area contributed by atoms with Crippen molar-refractivity contribution in [3.63, 3.8) is 0 Å². The van der Waals surface area contributed by atoms with E-state index in [-0.39, 0.29) is 17.8 Å². The number of amides is 1. The molecule has 136 valence electrons. The van der Waals surface area contributed by atoms with Gasteiger partial charge in [-0.1, -0.05) is 18.2 Å². The first-order chi connectivity index (χ1) is 12.6. The number of rotatable bonds is 4. The Labute approximate surface area is 151 Å². The fourth-order valence-corrected chi connectivity index (χ4v) is 3.66. The van der Waals surface area contributed by atoms with Crippen molar-refractivity contribution in [1.82, 2.24) is 24.4 Å². The molecule has 1 amide bonds. The molecule has 1 N–H and O–H groups in total. The Morgan fingerprint density at radius 1 is 1.35 bits per heavy atom. The van der Waals surface area contributed by atoms with E-state index in [0.717, 1.165) is 31.6 Å². The van der Waals surface area contributed by atoms with Gasteiger partial charge in [0, 0.05) is 44.1 Å². The summed E-state index contributed by atoms with van der Waals surface area (Å²) >= 11 is 0.